The number of halogens is 2. The van der Waals surface area contributed by atoms with Crippen molar-refractivity contribution in [2.45, 2.75) is 25.3 Å². The maximum absolute atomic E-state index is 12.7. The number of carbonyl (C=O) groups is 1. The quantitative estimate of drug-likeness (QED) is 0.610. The Hall–Kier alpha value is -3.04. The van der Waals surface area contributed by atoms with Gasteiger partial charge in [-0.15, -0.1) is 0 Å². The number of rotatable bonds is 5. The van der Waals surface area contributed by atoms with Gasteiger partial charge in [-0.05, 0) is 18.9 Å². The molecule has 2 aromatic rings. The highest BCUT2D eigenvalue weighted by Gasteiger charge is 2.28. The van der Waals surface area contributed by atoms with Gasteiger partial charge in [0.15, 0.2) is 0 Å². The summed E-state index contributed by atoms with van der Waals surface area (Å²) in [6, 6.07) is 4.64. The molecule has 1 aliphatic heterocycles. The van der Waals surface area contributed by atoms with Gasteiger partial charge in [-0.1, -0.05) is 17.3 Å². The van der Waals surface area contributed by atoms with Crippen LogP contribution in [0, 0.1) is 5.41 Å². The van der Waals surface area contributed by atoms with E-state index in [0.29, 0.717) is 42.9 Å². The van der Waals surface area contributed by atoms with E-state index in [0.717, 1.165) is 6.21 Å². The number of hydrogen-bond acceptors (Lipinski definition) is 7. The van der Waals surface area contributed by atoms with Crippen LogP contribution in [0.5, 0.6) is 0 Å². The molecule has 0 unspecified atom stereocenters. The highest BCUT2D eigenvalue weighted by molar-refractivity contribution is 5.87. The number of benzene rings is 1. The number of anilines is 1. The molecule has 27 heavy (non-hydrogen) atoms. The van der Waals surface area contributed by atoms with Gasteiger partial charge in [0, 0.05) is 42.0 Å². The van der Waals surface area contributed by atoms with Crippen molar-refractivity contribution in [1.82, 2.24) is 15.0 Å². The molecule has 144 valence electrons. The Morgan fingerprint density at radius 2 is 2.19 bits per heavy atom. The highest BCUT2D eigenvalue weighted by Crippen LogP contribution is 2.30. The molecule has 0 bridgehead atoms. The lowest BCUT2D eigenvalue weighted by Gasteiger charge is -2.28. The third kappa shape index (κ3) is 4.21. The summed E-state index contributed by atoms with van der Waals surface area (Å²) in [7, 11) is 1.35. The van der Waals surface area contributed by atoms with E-state index in [-0.39, 0.29) is 23.5 Å². The molecule has 0 radical (unpaired) electrons. The molecule has 1 fully saturated rings. The standard InChI is InChI=1S/C17H19F2N5O3/c1-26-17(25)24-6-4-10(5-7-24)15-22-14(23-27-15)11-2-3-12(9-20)13(8-11)21-16(18)19/h2-3,8-10,16,20-21H,4-7H2,1H3. The van der Waals surface area contributed by atoms with Crippen LogP contribution >= 0.6 is 0 Å². The Morgan fingerprint density at radius 1 is 1.44 bits per heavy atom. The van der Waals surface area contributed by atoms with Crippen LogP contribution in [0.2, 0.25) is 0 Å². The SMILES string of the molecule is COC(=O)N1CCC(c2nc(-c3ccc(C=N)c(NC(F)F)c3)no2)CC1. The predicted octanol–water partition coefficient (Wildman–Crippen LogP) is 3.31. The van der Waals surface area contributed by atoms with Crippen molar-refractivity contribution in [3.63, 3.8) is 0 Å². The average Bonchev–Trinajstić information content (AvgIpc) is 3.17. The number of methoxy groups -OCH3 is 1. The molecular formula is C17H19F2N5O3. The number of nitrogens with zero attached hydrogens (tertiary/aromatic N) is 3. The summed E-state index contributed by atoms with van der Waals surface area (Å²) in [5, 5.41) is 13.3. The van der Waals surface area contributed by atoms with Gasteiger partial charge in [0.2, 0.25) is 11.7 Å². The first-order chi connectivity index (χ1) is 13.0. The Morgan fingerprint density at radius 3 is 2.81 bits per heavy atom. The third-order valence-electron chi connectivity index (χ3n) is 4.45. The van der Waals surface area contributed by atoms with E-state index in [1.54, 1.807) is 11.0 Å². The number of carbonyl (C=O) groups excluding carboxylic acids is 1. The van der Waals surface area contributed by atoms with Crippen LogP contribution < -0.4 is 5.32 Å². The second kappa shape index (κ2) is 8.11. The molecule has 1 aliphatic rings. The Bertz CT molecular complexity index is 819. The molecule has 3 rings (SSSR count). The first-order valence-corrected chi connectivity index (χ1v) is 8.38. The first-order valence-electron chi connectivity index (χ1n) is 8.38. The number of piperidine rings is 1. The molecular weight excluding hydrogens is 360 g/mol. The Labute approximate surface area is 154 Å². The van der Waals surface area contributed by atoms with Crippen LogP contribution in [-0.2, 0) is 4.74 Å². The number of alkyl halides is 2. The maximum Gasteiger partial charge on any atom is 0.409 e. The fourth-order valence-corrected chi connectivity index (χ4v) is 3.02. The normalized spacial score (nSPS) is 15.0. The summed E-state index contributed by atoms with van der Waals surface area (Å²) in [6.07, 6.45) is 1.97. The van der Waals surface area contributed by atoms with E-state index in [2.05, 4.69) is 10.1 Å². The molecule has 1 aromatic carbocycles. The maximum atomic E-state index is 12.7. The number of hydrogen-bond donors (Lipinski definition) is 2. The zero-order chi connectivity index (χ0) is 19.4. The smallest absolute Gasteiger partial charge is 0.409 e. The van der Waals surface area contributed by atoms with E-state index in [1.165, 1.54) is 19.2 Å². The van der Waals surface area contributed by atoms with Crippen LogP contribution in [0.1, 0.15) is 30.2 Å². The van der Waals surface area contributed by atoms with Crippen molar-refractivity contribution in [2.75, 3.05) is 25.5 Å². The van der Waals surface area contributed by atoms with Crippen LogP contribution in [0.3, 0.4) is 0 Å². The van der Waals surface area contributed by atoms with Crippen molar-refractivity contribution in [2.24, 2.45) is 0 Å². The Kier molecular flexibility index (Phi) is 5.63. The molecule has 1 aromatic heterocycles. The van der Waals surface area contributed by atoms with Crippen molar-refractivity contribution in [3.05, 3.63) is 29.7 Å². The Balaban J connectivity index is 1.74. The minimum Gasteiger partial charge on any atom is -0.453 e. The lowest BCUT2D eigenvalue weighted by Crippen LogP contribution is -2.37. The zero-order valence-electron chi connectivity index (χ0n) is 14.6. The van der Waals surface area contributed by atoms with Crippen LogP contribution in [0.4, 0.5) is 19.3 Å². The molecule has 1 saturated heterocycles. The van der Waals surface area contributed by atoms with Crippen molar-refractivity contribution in [1.29, 1.82) is 5.41 Å². The summed E-state index contributed by atoms with van der Waals surface area (Å²) in [4.78, 5) is 17.5. The monoisotopic (exact) mass is 379 g/mol. The number of amides is 1. The van der Waals surface area contributed by atoms with Crippen LogP contribution in [-0.4, -0.2) is 54.1 Å². The van der Waals surface area contributed by atoms with Gasteiger partial charge in [-0.2, -0.15) is 13.8 Å². The average molecular weight is 379 g/mol. The van der Waals surface area contributed by atoms with Gasteiger partial charge < -0.3 is 24.9 Å². The summed E-state index contributed by atoms with van der Waals surface area (Å²) >= 11 is 0. The summed E-state index contributed by atoms with van der Waals surface area (Å²) < 4.78 is 35.4. The van der Waals surface area contributed by atoms with Gasteiger partial charge in [0.25, 0.3) is 0 Å². The molecule has 2 heterocycles. The van der Waals surface area contributed by atoms with Crippen LogP contribution in [0.25, 0.3) is 11.4 Å². The molecule has 0 saturated carbocycles. The van der Waals surface area contributed by atoms with E-state index in [9.17, 15) is 13.6 Å². The van der Waals surface area contributed by atoms with Crippen molar-refractivity contribution in [3.8, 4) is 11.4 Å². The first kappa shape index (κ1) is 18.7. The van der Waals surface area contributed by atoms with E-state index in [4.69, 9.17) is 14.7 Å². The molecule has 0 atom stereocenters. The van der Waals surface area contributed by atoms with Crippen molar-refractivity contribution < 1.29 is 22.8 Å². The zero-order valence-corrected chi connectivity index (χ0v) is 14.6. The van der Waals surface area contributed by atoms with E-state index < -0.39 is 6.55 Å². The fourth-order valence-electron chi connectivity index (χ4n) is 3.02. The fraction of sp³-hybridized carbons (Fsp3) is 0.412. The van der Waals surface area contributed by atoms with Crippen molar-refractivity contribution >= 4 is 18.0 Å². The van der Waals surface area contributed by atoms with Crippen LogP contribution in [0.15, 0.2) is 22.7 Å². The largest absolute Gasteiger partial charge is 0.453 e. The molecule has 10 heteroatoms. The molecule has 2 N–H and O–H groups in total. The lowest BCUT2D eigenvalue weighted by molar-refractivity contribution is 0.109. The number of likely N-dealkylation sites (tertiary alicyclic amines) is 1. The topological polar surface area (TPSA) is 104 Å². The van der Waals surface area contributed by atoms with Gasteiger partial charge in [0.1, 0.15) is 0 Å². The molecule has 0 spiro atoms. The van der Waals surface area contributed by atoms with Gasteiger partial charge in [-0.3, -0.25) is 0 Å². The molecule has 8 nitrogen and oxygen atoms in total. The second-order valence-corrected chi connectivity index (χ2v) is 6.08. The van der Waals surface area contributed by atoms with E-state index >= 15 is 0 Å². The summed E-state index contributed by atoms with van der Waals surface area (Å²) in [5.41, 5.74) is 0.957. The summed E-state index contributed by atoms with van der Waals surface area (Å²) in [6.45, 7) is -1.68. The van der Waals surface area contributed by atoms with Gasteiger partial charge in [0.05, 0.1) is 7.11 Å². The predicted molar refractivity (Wildman–Crippen MR) is 93.2 cm³/mol. The number of aromatic nitrogens is 2. The van der Waals surface area contributed by atoms with E-state index in [1.807, 2.05) is 5.32 Å². The number of nitrogens with one attached hydrogen (secondary N) is 2. The van der Waals surface area contributed by atoms with Gasteiger partial charge >= 0.3 is 12.6 Å². The third-order valence-corrected chi connectivity index (χ3v) is 4.45. The van der Waals surface area contributed by atoms with Gasteiger partial charge in [-0.25, -0.2) is 4.79 Å². The molecule has 0 aliphatic carbocycles. The summed E-state index contributed by atoms with van der Waals surface area (Å²) in [5.74, 6) is 0.759. The number of ether oxygens (including phenoxy) is 1. The second-order valence-electron chi connectivity index (χ2n) is 6.08. The highest BCUT2D eigenvalue weighted by atomic mass is 19.3. The minimum absolute atomic E-state index is 0.0201. The minimum atomic E-state index is -2.75. The lowest BCUT2D eigenvalue weighted by atomic mass is 9.97. The molecule has 1 amide bonds.